The van der Waals surface area contributed by atoms with Crippen molar-refractivity contribution >= 4 is 8.56 Å². The lowest BCUT2D eigenvalue weighted by atomic mass is 10.3. The van der Waals surface area contributed by atoms with E-state index >= 15 is 0 Å². The van der Waals surface area contributed by atoms with Gasteiger partial charge in [0, 0.05) is 14.2 Å². The van der Waals surface area contributed by atoms with Crippen LogP contribution >= 0.6 is 0 Å². The molecule has 0 amide bonds. The van der Waals surface area contributed by atoms with E-state index in [1.807, 2.05) is 0 Å². The Balaban J connectivity index is 4.42. The van der Waals surface area contributed by atoms with Crippen LogP contribution in [0.4, 0.5) is 0 Å². The molecule has 0 N–H and O–H groups in total. The van der Waals surface area contributed by atoms with Gasteiger partial charge in [0.2, 0.25) is 0 Å². The maximum Gasteiger partial charge on any atom is 0.390 e. The standard InChI is InChI=1S/C12H24O2Si/c1-5-7-9-11-15(13-3,14-4)12-10-8-6-2/h9-12H,5-8H2,1-4H3. The molecule has 0 aromatic carbocycles. The molecule has 0 fully saturated rings. The van der Waals surface area contributed by atoms with Crippen LogP contribution in [0.25, 0.3) is 0 Å². The monoisotopic (exact) mass is 228 g/mol. The minimum Gasteiger partial charge on any atom is -0.392 e. The second-order valence-corrected chi connectivity index (χ2v) is 6.44. The molecule has 0 aromatic rings. The fraction of sp³-hybridized carbons (Fsp3) is 0.667. The van der Waals surface area contributed by atoms with E-state index in [1.54, 1.807) is 14.2 Å². The Morgan fingerprint density at radius 1 is 0.867 bits per heavy atom. The number of hydrogen-bond acceptors (Lipinski definition) is 2. The fourth-order valence-electron chi connectivity index (χ4n) is 1.24. The van der Waals surface area contributed by atoms with E-state index in [1.165, 1.54) is 0 Å². The molecular formula is C12H24O2Si. The second-order valence-electron chi connectivity index (χ2n) is 3.51. The van der Waals surface area contributed by atoms with Gasteiger partial charge in [0.15, 0.2) is 0 Å². The average molecular weight is 228 g/mol. The summed E-state index contributed by atoms with van der Waals surface area (Å²) in [6.45, 7) is 4.33. The molecule has 3 heteroatoms. The molecule has 88 valence electrons. The average Bonchev–Trinajstić information content (AvgIpc) is 2.28. The summed E-state index contributed by atoms with van der Waals surface area (Å²) >= 11 is 0. The Bertz CT molecular complexity index is 178. The molecule has 0 atom stereocenters. The highest BCUT2D eigenvalue weighted by atomic mass is 28.4. The first-order valence-electron chi connectivity index (χ1n) is 5.70. The largest absolute Gasteiger partial charge is 0.392 e. The molecule has 0 bridgehead atoms. The smallest absolute Gasteiger partial charge is 0.390 e. The van der Waals surface area contributed by atoms with E-state index in [-0.39, 0.29) is 0 Å². The molecule has 0 radical (unpaired) electrons. The lowest BCUT2D eigenvalue weighted by Crippen LogP contribution is -2.36. The third kappa shape index (κ3) is 5.92. The number of allylic oxidation sites excluding steroid dienone is 2. The van der Waals surface area contributed by atoms with Crippen molar-refractivity contribution < 1.29 is 8.85 Å². The molecule has 0 spiro atoms. The van der Waals surface area contributed by atoms with Crippen molar-refractivity contribution in [1.82, 2.24) is 0 Å². The summed E-state index contributed by atoms with van der Waals surface area (Å²) in [5.74, 6) is 0. The summed E-state index contributed by atoms with van der Waals surface area (Å²) in [5, 5.41) is 0. The first-order chi connectivity index (χ1) is 7.24. The van der Waals surface area contributed by atoms with Crippen LogP contribution in [-0.2, 0) is 8.85 Å². The molecule has 0 aliphatic rings. The summed E-state index contributed by atoms with van der Waals surface area (Å²) in [6, 6.07) is 0. The molecule has 0 aliphatic carbocycles. The molecule has 0 heterocycles. The van der Waals surface area contributed by atoms with Crippen molar-refractivity contribution in [1.29, 1.82) is 0 Å². The highest BCUT2D eigenvalue weighted by Gasteiger charge is 2.28. The molecule has 0 saturated carbocycles. The third-order valence-electron chi connectivity index (χ3n) is 2.25. The molecule has 15 heavy (non-hydrogen) atoms. The van der Waals surface area contributed by atoms with E-state index in [2.05, 4.69) is 37.4 Å². The van der Waals surface area contributed by atoms with Crippen LogP contribution in [0.3, 0.4) is 0 Å². The Kier molecular flexibility index (Phi) is 8.66. The van der Waals surface area contributed by atoms with Crippen LogP contribution < -0.4 is 0 Å². The minimum absolute atomic E-state index is 1.09. The van der Waals surface area contributed by atoms with Crippen molar-refractivity contribution in [2.75, 3.05) is 14.2 Å². The molecule has 0 saturated heterocycles. The number of rotatable bonds is 8. The SMILES string of the molecule is CCCC=C[Si](C=CCCC)(OC)OC. The zero-order valence-corrected chi connectivity index (χ0v) is 11.5. The predicted molar refractivity (Wildman–Crippen MR) is 67.9 cm³/mol. The maximum absolute atomic E-state index is 5.52. The van der Waals surface area contributed by atoms with Gasteiger partial charge in [0.1, 0.15) is 0 Å². The zero-order chi connectivity index (χ0) is 11.6. The van der Waals surface area contributed by atoms with Crippen LogP contribution in [0.2, 0.25) is 0 Å². The fourth-order valence-corrected chi connectivity index (χ4v) is 3.05. The van der Waals surface area contributed by atoms with E-state index in [4.69, 9.17) is 8.85 Å². The van der Waals surface area contributed by atoms with Gasteiger partial charge in [0.25, 0.3) is 0 Å². The van der Waals surface area contributed by atoms with E-state index < -0.39 is 8.56 Å². The van der Waals surface area contributed by atoms with Gasteiger partial charge < -0.3 is 8.85 Å². The first-order valence-corrected chi connectivity index (χ1v) is 7.67. The van der Waals surface area contributed by atoms with Gasteiger partial charge in [-0.15, -0.1) is 0 Å². The van der Waals surface area contributed by atoms with Crippen molar-refractivity contribution in [3.8, 4) is 0 Å². The number of unbranched alkanes of at least 4 members (excludes halogenated alkanes) is 2. The van der Waals surface area contributed by atoms with Gasteiger partial charge in [-0.25, -0.2) is 0 Å². The van der Waals surface area contributed by atoms with Crippen LogP contribution in [-0.4, -0.2) is 22.8 Å². The van der Waals surface area contributed by atoms with Gasteiger partial charge in [0.05, 0.1) is 0 Å². The normalized spacial score (nSPS) is 13.1. The highest BCUT2D eigenvalue weighted by Crippen LogP contribution is 2.11. The summed E-state index contributed by atoms with van der Waals surface area (Å²) < 4.78 is 11.0. The summed E-state index contributed by atoms with van der Waals surface area (Å²) in [4.78, 5) is 0. The topological polar surface area (TPSA) is 18.5 Å². The molecule has 0 unspecified atom stereocenters. The molecular weight excluding hydrogens is 204 g/mol. The van der Waals surface area contributed by atoms with Crippen molar-refractivity contribution in [2.24, 2.45) is 0 Å². The maximum atomic E-state index is 5.52. The molecule has 2 nitrogen and oxygen atoms in total. The zero-order valence-electron chi connectivity index (χ0n) is 10.5. The van der Waals surface area contributed by atoms with Crippen molar-refractivity contribution in [3.63, 3.8) is 0 Å². The summed E-state index contributed by atoms with van der Waals surface area (Å²) in [5.41, 5.74) is 4.23. The van der Waals surface area contributed by atoms with Crippen LogP contribution in [0.1, 0.15) is 39.5 Å². The number of hydrogen-bond donors (Lipinski definition) is 0. The van der Waals surface area contributed by atoms with E-state index in [0.717, 1.165) is 25.7 Å². The van der Waals surface area contributed by atoms with Gasteiger partial charge in [-0.3, -0.25) is 0 Å². The lowest BCUT2D eigenvalue weighted by molar-refractivity contribution is 0.269. The van der Waals surface area contributed by atoms with Gasteiger partial charge in [-0.1, -0.05) is 38.8 Å². The van der Waals surface area contributed by atoms with Crippen LogP contribution in [0.5, 0.6) is 0 Å². The Morgan fingerprint density at radius 3 is 1.53 bits per heavy atom. The van der Waals surface area contributed by atoms with Gasteiger partial charge >= 0.3 is 8.56 Å². The Labute approximate surface area is 95.2 Å². The minimum atomic E-state index is -2.18. The molecule has 0 aromatic heterocycles. The lowest BCUT2D eigenvalue weighted by Gasteiger charge is -2.19. The van der Waals surface area contributed by atoms with E-state index in [9.17, 15) is 0 Å². The van der Waals surface area contributed by atoms with E-state index in [0.29, 0.717) is 0 Å². The highest BCUT2D eigenvalue weighted by molar-refractivity contribution is 6.77. The van der Waals surface area contributed by atoms with Crippen molar-refractivity contribution in [2.45, 2.75) is 39.5 Å². The quantitative estimate of drug-likeness (QED) is 0.592. The first kappa shape index (κ1) is 14.6. The van der Waals surface area contributed by atoms with Gasteiger partial charge in [-0.2, -0.15) is 0 Å². The molecule has 0 aliphatic heterocycles. The second kappa shape index (κ2) is 8.89. The Morgan fingerprint density at radius 2 is 1.27 bits per heavy atom. The predicted octanol–water partition coefficient (Wildman–Crippen LogP) is 3.51. The summed E-state index contributed by atoms with van der Waals surface area (Å²) in [6.07, 6.45) is 8.82. The molecule has 0 rings (SSSR count). The summed E-state index contributed by atoms with van der Waals surface area (Å²) in [7, 11) is 1.27. The van der Waals surface area contributed by atoms with Gasteiger partial charge in [-0.05, 0) is 24.2 Å². The van der Waals surface area contributed by atoms with Crippen molar-refractivity contribution in [3.05, 3.63) is 23.6 Å². The van der Waals surface area contributed by atoms with Crippen LogP contribution in [0, 0.1) is 0 Å². The third-order valence-corrected chi connectivity index (χ3v) is 4.93. The Hall–Kier alpha value is -0.383. The van der Waals surface area contributed by atoms with Crippen LogP contribution in [0.15, 0.2) is 23.6 Å².